The molecule has 0 spiro atoms. The largest absolute Gasteiger partial charge is 0.349 e. The molecular weight excluding hydrogens is 372 g/mol. The number of carbonyl (C=O) groups is 1. The van der Waals surface area contributed by atoms with E-state index in [0.717, 1.165) is 37.1 Å². The molecule has 1 aromatic heterocycles. The number of nitrogens with zero attached hydrogens (tertiary/aromatic N) is 3. The molecule has 2 saturated heterocycles. The fraction of sp³-hybridized carbons (Fsp3) is 0.360. The minimum Gasteiger partial charge on any atom is -0.349 e. The van der Waals surface area contributed by atoms with Crippen LogP contribution in [0, 0.1) is 0 Å². The molecule has 5 heteroatoms. The molecule has 0 radical (unpaired) electrons. The molecule has 2 unspecified atom stereocenters. The van der Waals surface area contributed by atoms with Gasteiger partial charge in [-0.15, -0.1) is 0 Å². The van der Waals surface area contributed by atoms with E-state index in [0.29, 0.717) is 12.1 Å². The first-order valence-electron chi connectivity index (χ1n) is 10.9. The Morgan fingerprint density at radius 1 is 0.900 bits per heavy atom. The first-order chi connectivity index (χ1) is 14.7. The van der Waals surface area contributed by atoms with Gasteiger partial charge < -0.3 is 5.32 Å². The smallest absolute Gasteiger partial charge is 0.251 e. The van der Waals surface area contributed by atoms with Crippen LogP contribution in [0.1, 0.15) is 47.2 Å². The molecule has 30 heavy (non-hydrogen) atoms. The third-order valence-electron chi connectivity index (χ3n) is 6.55. The van der Waals surface area contributed by atoms with Crippen LogP contribution in [0.4, 0.5) is 0 Å². The van der Waals surface area contributed by atoms with Crippen molar-refractivity contribution in [1.29, 1.82) is 0 Å². The van der Waals surface area contributed by atoms with Gasteiger partial charge in [-0.2, -0.15) is 5.10 Å². The van der Waals surface area contributed by atoms with Crippen LogP contribution in [-0.4, -0.2) is 38.7 Å². The molecule has 154 valence electrons. The van der Waals surface area contributed by atoms with E-state index in [1.807, 2.05) is 41.2 Å². The van der Waals surface area contributed by atoms with E-state index in [4.69, 9.17) is 0 Å². The minimum atomic E-state index is 0.0431. The first-order valence-corrected chi connectivity index (χ1v) is 10.9. The number of hydrogen-bond acceptors (Lipinski definition) is 3. The molecule has 2 aliphatic heterocycles. The molecule has 0 saturated carbocycles. The van der Waals surface area contributed by atoms with Crippen molar-refractivity contribution in [1.82, 2.24) is 20.0 Å². The lowest BCUT2D eigenvalue weighted by atomic mass is 9.96. The summed E-state index contributed by atoms with van der Waals surface area (Å²) in [5.41, 5.74) is 3.26. The molecule has 5 nitrogen and oxygen atoms in total. The fourth-order valence-electron chi connectivity index (χ4n) is 5.06. The molecule has 2 bridgehead atoms. The zero-order chi connectivity index (χ0) is 20.3. The number of nitrogens with one attached hydrogen (secondary N) is 1. The lowest BCUT2D eigenvalue weighted by Crippen LogP contribution is -2.49. The highest BCUT2D eigenvalue weighted by molar-refractivity contribution is 5.94. The van der Waals surface area contributed by atoms with Crippen molar-refractivity contribution in [3.05, 3.63) is 89.7 Å². The minimum absolute atomic E-state index is 0.0431. The topological polar surface area (TPSA) is 50.2 Å². The quantitative estimate of drug-likeness (QED) is 0.684. The van der Waals surface area contributed by atoms with Gasteiger partial charge in [-0.25, -0.2) is 0 Å². The zero-order valence-electron chi connectivity index (χ0n) is 17.2. The Balaban J connectivity index is 1.17. The van der Waals surface area contributed by atoms with Crippen molar-refractivity contribution >= 4 is 5.91 Å². The maximum Gasteiger partial charge on any atom is 0.251 e. The van der Waals surface area contributed by atoms with Crippen molar-refractivity contribution < 1.29 is 4.79 Å². The summed E-state index contributed by atoms with van der Waals surface area (Å²) in [4.78, 5) is 15.5. The van der Waals surface area contributed by atoms with E-state index in [9.17, 15) is 4.79 Å². The SMILES string of the molecule is O=C(NC1CC2CCC(C1)N2Cc1ccccc1)c1ccc(Cn2cccn2)cc1. The van der Waals surface area contributed by atoms with E-state index in [-0.39, 0.29) is 11.9 Å². The summed E-state index contributed by atoms with van der Waals surface area (Å²) < 4.78 is 1.88. The standard InChI is InChI=1S/C25H28N4O/c30-25(21-9-7-20(8-10-21)17-28-14-4-13-26-28)27-22-15-23-11-12-24(16-22)29(23)18-19-5-2-1-3-6-19/h1-10,13-14,22-24H,11-12,15-18H2,(H,27,30). The Morgan fingerprint density at radius 3 is 2.27 bits per heavy atom. The second-order valence-corrected chi connectivity index (χ2v) is 8.59. The third kappa shape index (κ3) is 4.17. The van der Waals surface area contributed by atoms with Crippen LogP contribution >= 0.6 is 0 Å². The number of fused-ring (bicyclic) bond motifs is 2. The van der Waals surface area contributed by atoms with E-state index < -0.39 is 0 Å². The first kappa shape index (κ1) is 19.1. The molecule has 2 fully saturated rings. The predicted octanol–water partition coefficient (Wildman–Crippen LogP) is 3.86. The Hall–Kier alpha value is -2.92. The van der Waals surface area contributed by atoms with Gasteiger partial charge in [0.2, 0.25) is 0 Å². The third-order valence-corrected chi connectivity index (χ3v) is 6.55. The molecule has 2 aromatic carbocycles. The normalized spacial score (nSPS) is 23.4. The summed E-state index contributed by atoms with van der Waals surface area (Å²) in [5, 5.41) is 7.53. The van der Waals surface area contributed by atoms with E-state index in [2.05, 4.69) is 45.6 Å². The van der Waals surface area contributed by atoms with E-state index in [1.165, 1.54) is 18.4 Å². The van der Waals surface area contributed by atoms with Crippen LogP contribution in [-0.2, 0) is 13.1 Å². The highest BCUT2D eigenvalue weighted by Crippen LogP contribution is 2.36. The lowest BCUT2D eigenvalue weighted by molar-refractivity contribution is 0.0828. The summed E-state index contributed by atoms with van der Waals surface area (Å²) in [6.07, 6.45) is 8.30. The Labute approximate surface area is 177 Å². The molecule has 1 N–H and O–H groups in total. The molecule has 5 rings (SSSR count). The average Bonchev–Trinajstić information content (AvgIpc) is 3.35. The van der Waals surface area contributed by atoms with Gasteiger partial charge in [-0.05, 0) is 55.0 Å². The average molecular weight is 401 g/mol. The predicted molar refractivity (Wildman–Crippen MR) is 117 cm³/mol. The van der Waals surface area contributed by atoms with Crippen LogP contribution in [0.15, 0.2) is 73.1 Å². The summed E-state index contributed by atoms with van der Waals surface area (Å²) in [7, 11) is 0. The molecule has 0 aliphatic carbocycles. The maximum atomic E-state index is 12.8. The van der Waals surface area contributed by atoms with Crippen molar-refractivity contribution in [2.24, 2.45) is 0 Å². The number of aromatic nitrogens is 2. The van der Waals surface area contributed by atoms with Crippen LogP contribution in [0.5, 0.6) is 0 Å². The fourth-order valence-corrected chi connectivity index (χ4v) is 5.06. The summed E-state index contributed by atoms with van der Waals surface area (Å²) in [6.45, 7) is 1.74. The maximum absolute atomic E-state index is 12.8. The second-order valence-electron chi connectivity index (χ2n) is 8.59. The molecule has 3 aromatic rings. The van der Waals surface area contributed by atoms with Crippen LogP contribution < -0.4 is 5.32 Å². The Morgan fingerprint density at radius 2 is 1.60 bits per heavy atom. The molecule has 2 aliphatic rings. The second kappa shape index (κ2) is 8.44. The van der Waals surface area contributed by atoms with Crippen molar-refractivity contribution in [3.63, 3.8) is 0 Å². The van der Waals surface area contributed by atoms with Crippen molar-refractivity contribution in [2.75, 3.05) is 0 Å². The number of amides is 1. The number of carbonyl (C=O) groups excluding carboxylic acids is 1. The Bertz CT molecular complexity index is 954. The molecule has 1 amide bonds. The monoisotopic (exact) mass is 400 g/mol. The van der Waals surface area contributed by atoms with Gasteiger partial charge in [0.1, 0.15) is 0 Å². The molecular formula is C25H28N4O. The van der Waals surface area contributed by atoms with Gasteiger partial charge in [-0.3, -0.25) is 14.4 Å². The number of rotatable bonds is 6. The number of piperidine rings is 1. The molecule has 3 heterocycles. The van der Waals surface area contributed by atoms with Gasteiger partial charge >= 0.3 is 0 Å². The summed E-state index contributed by atoms with van der Waals surface area (Å²) in [5.74, 6) is 0.0431. The summed E-state index contributed by atoms with van der Waals surface area (Å²) in [6, 6.07) is 21.9. The summed E-state index contributed by atoms with van der Waals surface area (Å²) >= 11 is 0. The number of benzene rings is 2. The van der Waals surface area contributed by atoms with Gasteiger partial charge in [0, 0.05) is 42.6 Å². The van der Waals surface area contributed by atoms with Gasteiger partial charge in [0.15, 0.2) is 0 Å². The zero-order valence-corrected chi connectivity index (χ0v) is 17.2. The van der Waals surface area contributed by atoms with Gasteiger partial charge in [0.25, 0.3) is 5.91 Å². The molecule has 2 atom stereocenters. The van der Waals surface area contributed by atoms with Gasteiger partial charge in [0.05, 0.1) is 6.54 Å². The number of hydrogen-bond donors (Lipinski definition) is 1. The van der Waals surface area contributed by atoms with Crippen LogP contribution in [0.25, 0.3) is 0 Å². The van der Waals surface area contributed by atoms with Crippen molar-refractivity contribution in [2.45, 2.75) is 56.9 Å². The highest BCUT2D eigenvalue weighted by atomic mass is 16.1. The van der Waals surface area contributed by atoms with Gasteiger partial charge in [-0.1, -0.05) is 42.5 Å². The highest BCUT2D eigenvalue weighted by Gasteiger charge is 2.40. The van der Waals surface area contributed by atoms with Crippen LogP contribution in [0.3, 0.4) is 0 Å². The van der Waals surface area contributed by atoms with Crippen molar-refractivity contribution in [3.8, 4) is 0 Å². The van der Waals surface area contributed by atoms with E-state index in [1.54, 1.807) is 6.20 Å². The van der Waals surface area contributed by atoms with E-state index >= 15 is 0 Å². The van der Waals surface area contributed by atoms with Crippen LogP contribution in [0.2, 0.25) is 0 Å². The Kier molecular flexibility index (Phi) is 5.37. The lowest BCUT2D eigenvalue weighted by Gasteiger charge is -2.39.